The highest BCUT2D eigenvalue weighted by atomic mass is 16.5. The summed E-state index contributed by atoms with van der Waals surface area (Å²) in [6, 6.07) is 15.8. The number of likely N-dealkylation sites (tertiary alicyclic amines) is 1. The molecule has 0 N–H and O–H groups in total. The number of piperidine rings is 1. The molecular weight excluding hydrogens is 430 g/mol. The highest BCUT2D eigenvalue weighted by molar-refractivity contribution is 6.03. The van der Waals surface area contributed by atoms with Crippen molar-refractivity contribution in [2.45, 2.75) is 39.2 Å². The minimum Gasteiger partial charge on any atom is -0.497 e. The first kappa shape index (κ1) is 24.0. The van der Waals surface area contributed by atoms with Gasteiger partial charge in [0.1, 0.15) is 5.75 Å². The maximum Gasteiger partial charge on any atom is 0.310 e. The lowest BCUT2D eigenvalue weighted by molar-refractivity contribution is -0.150. The Hall–Kier alpha value is -3.19. The standard InChI is InChI=1S/C27H33N3O4/c1-4-34-27(32)21-11-8-14-29(17-21)18-26(31)30-25(23-13-6-5-9-19(23)2)16-24(28-30)20-10-7-12-22(15-20)33-3/h5-7,9-10,12-13,15,21,25H,4,8,11,14,16-18H2,1-3H3/t21-,25-/m1/s1. The molecule has 180 valence electrons. The molecule has 0 bridgehead atoms. The fourth-order valence-electron chi connectivity index (χ4n) is 4.84. The number of hydrogen-bond acceptors (Lipinski definition) is 6. The summed E-state index contributed by atoms with van der Waals surface area (Å²) in [5, 5.41) is 6.45. The Morgan fingerprint density at radius 2 is 1.97 bits per heavy atom. The quantitative estimate of drug-likeness (QED) is 0.582. The van der Waals surface area contributed by atoms with E-state index >= 15 is 0 Å². The van der Waals surface area contributed by atoms with Crippen LogP contribution >= 0.6 is 0 Å². The van der Waals surface area contributed by atoms with Gasteiger partial charge in [-0.1, -0.05) is 36.4 Å². The molecule has 2 aromatic rings. The van der Waals surface area contributed by atoms with Gasteiger partial charge < -0.3 is 9.47 Å². The van der Waals surface area contributed by atoms with Gasteiger partial charge in [-0.3, -0.25) is 14.5 Å². The van der Waals surface area contributed by atoms with Crippen molar-refractivity contribution in [3.63, 3.8) is 0 Å². The van der Waals surface area contributed by atoms with Crippen LogP contribution in [0, 0.1) is 12.8 Å². The van der Waals surface area contributed by atoms with Gasteiger partial charge in [-0.05, 0) is 56.5 Å². The number of ether oxygens (including phenoxy) is 2. The van der Waals surface area contributed by atoms with E-state index in [4.69, 9.17) is 14.6 Å². The molecule has 2 atom stereocenters. The Morgan fingerprint density at radius 3 is 2.74 bits per heavy atom. The summed E-state index contributed by atoms with van der Waals surface area (Å²) in [4.78, 5) is 27.8. The number of nitrogens with zero attached hydrogens (tertiary/aromatic N) is 3. The van der Waals surface area contributed by atoms with Gasteiger partial charge in [-0.15, -0.1) is 0 Å². The second kappa shape index (κ2) is 10.8. The van der Waals surface area contributed by atoms with Crippen LogP contribution in [-0.4, -0.2) is 60.8 Å². The maximum absolute atomic E-state index is 13.5. The average molecular weight is 464 g/mol. The van der Waals surface area contributed by atoms with E-state index in [1.165, 1.54) is 0 Å². The summed E-state index contributed by atoms with van der Waals surface area (Å²) in [6.45, 7) is 5.82. The Kier molecular flexibility index (Phi) is 7.63. The zero-order valence-corrected chi connectivity index (χ0v) is 20.2. The van der Waals surface area contributed by atoms with Gasteiger partial charge >= 0.3 is 5.97 Å². The summed E-state index contributed by atoms with van der Waals surface area (Å²) in [5.74, 6) is 0.353. The molecule has 1 fully saturated rings. The number of amides is 1. The van der Waals surface area contributed by atoms with Gasteiger partial charge in [0.05, 0.1) is 37.9 Å². The van der Waals surface area contributed by atoms with Gasteiger partial charge in [0.25, 0.3) is 5.91 Å². The van der Waals surface area contributed by atoms with Crippen molar-refractivity contribution >= 4 is 17.6 Å². The molecule has 34 heavy (non-hydrogen) atoms. The predicted octanol–water partition coefficient (Wildman–Crippen LogP) is 3.96. The average Bonchev–Trinajstić information content (AvgIpc) is 3.30. The van der Waals surface area contributed by atoms with E-state index in [1.54, 1.807) is 12.1 Å². The Morgan fingerprint density at radius 1 is 1.15 bits per heavy atom. The smallest absolute Gasteiger partial charge is 0.310 e. The summed E-state index contributed by atoms with van der Waals surface area (Å²) >= 11 is 0. The first-order valence-electron chi connectivity index (χ1n) is 12.0. The number of carbonyl (C=O) groups excluding carboxylic acids is 2. The van der Waals surface area contributed by atoms with Crippen LogP contribution in [0.15, 0.2) is 53.6 Å². The number of hydrogen-bond donors (Lipinski definition) is 0. The molecule has 0 spiro atoms. The number of hydrazone groups is 1. The van der Waals surface area contributed by atoms with Crippen molar-refractivity contribution in [3.05, 3.63) is 65.2 Å². The third-order valence-electron chi connectivity index (χ3n) is 6.60. The third kappa shape index (κ3) is 5.30. The van der Waals surface area contributed by atoms with Crippen molar-refractivity contribution in [2.75, 3.05) is 33.4 Å². The fraction of sp³-hybridized carbons (Fsp3) is 0.444. The number of carbonyl (C=O) groups is 2. The third-order valence-corrected chi connectivity index (χ3v) is 6.60. The lowest BCUT2D eigenvalue weighted by Crippen LogP contribution is -2.44. The Bertz CT molecular complexity index is 1070. The summed E-state index contributed by atoms with van der Waals surface area (Å²) < 4.78 is 10.6. The van der Waals surface area contributed by atoms with Crippen LogP contribution in [0.2, 0.25) is 0 Å². The van der Waals surface area contributed by atoms with Crippen molar-refractivity contribution < 1.29 is 19.1 Å². The molecule has 1 saturated heterocycles. The van der Waals surface area contributed by atoms with Gasteiger partial charge in [0.2, 0.25) is 0 Å². The first-order chi connectivity index (χ1) is 16.5. The molecule has 2 aliphatic rings. The molecule has 7 heteroatoms. The summed E-state index contributed by atoms with van der Waals surface area (Å²) in [5.41, 5.74) is 4.05. The molecule has 4 rings (SSSR count). The molecule has 0 unspecified atom stereocenters. The van der Waals surface area contributed by atoms with Crippen LogP contribution in [-0.2, 0) is 14.3 Å². The topological polar surface area (TPSA) is 71.4 Å². The van der Waals surface area contributed by atoms with E-state index in [1.807, 2.05) is 43.3 Å². The van der Waals surface area contributed by atoms with E-state index in [2.05, 4.69) is 24.0 Å². The molecule has 2 aliphatic heterocycles. The largest absolute Gasteiger partial charge is 0.497 e. The number of aryl methyl sites for hydroxylation is 1. The molecule has 2 heterocycles. The molecular formula is C27H33N3O4. The SMILES string of the molecule is CCOC(=O)[C@@H]1CCCN(CC(=O)N2N=C(c3cccc(OC)c3)C[C@@H]2c2ccccc2C)C1. The van der Waals surface area contributed by atoms with Crippen LogP contribution in [0.5, 0.6) is 5.75 Å². The summed E-state index contributed by atoms with van der Waals surface area (Å²) in [6.07, 6.45) is 2.31. The predicted molar refractivity (Wildman–Crippen MR) is 131 cm³/mol. The van der Waals surface area contributed by atoms with Crippen LogP contribution < -0.4 is 4.74 Å². The summed E-state index contributed by atoms with van der Waals surface area (Å²) in [7, 11) is 1.64. The number of rotatable bonds is 7. The van der Waals surface area contributed by atoms with Gasteiger partial charge in [0, 0.05) is 18.5 Å². The number of benzene rings is 2. The molecule has 2 aromatic carbocycles. The van der Waals surface area contributed by atoms with Crippen molar-refractivity contribution in [1.29, 1.82) is 0 Å². The van der Waals surface area contributed by atoms with Crippen molar-refractivity contribution in [1.82, 2.24) is 9.91 Å². The monoisotopic (exact) mass is 463 g/mol. The fourth-order valence-corrected chi connectivity index (χ4v) is 4.84. The van der Waals surface area contributed by atoms with E-state index in [9.17, 15) is 9.59 Å². The van der Waals surface area contributed by atoms with E-state index in [0.29, 0.717) is 19.6 Å². The molecule has 7 nitrogen and oxygen atoms in total. The van der Waals surface area contributed by atoms with Gasteiger partial charge in [-0.2, -0.15) is 5.10 Å². The van der Waals surface area contributed by atoms with Gasteiger partial charge in [0.15, 0.2) is 0 Å². The normalized spacial score (nSPS) is 20.7. The maximum atomic E-state index is 13.5. The van der Waals surface area contributed by atoms with Crippen LogP contribution in [0.1, 0.15) is 48.9 Å². The Labute approximate surface area is 201 Å². The second-order valence-corrected chi connectivity index (χ2v) is 8.92. The first-order valence-corrected chi connectivity index (χ1v) is 12.0. The van der Waals surface area contributed by atoms with Crippen LogP contribution in [0.25, 0.3) is 0 Å². The molecule has 0 aromatic heterocycles. The number of esters is 1. The molecule has 0 aliphatic carbocycles. The van der Waals surface area contributed by atoms with E-state index in [0.717, 1.165) is 47.5 Å². The van der Waals surface area contributed by atoms with Crippen LogP contribution in [0.3, 0.4) is 0 Å². The molecule has 0 saturated carbocycles. The zero-order chi connectivity index (χ0) is 24.1. The van der Waals surface area contributed by atoms with Crippen LogP contribution in [0.4, 0.5) is 0 Å². The molecule has 0 radical (unpaired) electrons. The Balaban J connectivity index is 1.56. The van der Waals surface area contributed by atoms with Crippen molar-refractivity contribution in [3.8, 4) is 5.75 Å². The van der Waals surface area contributed by atoms with E-state index < -0.39 is 0 Å². The highest BCUT2D eigenvalue weighted by Crippen LogP contribution is 2.35. The highest BCUT2D eigenvalue weighted by Gasteiger charge is 2.36. The van der Waals surface area contributed by atoms with Crippen molar-refractivity contribution in [2.24, 2.45) is 11.0 Å². The minimum atomic E-state index is -0.178. The van der Waals surface area contributed by atoms with E-state index in [-0.39, 0.29) is 30.4 Å². The number of methoxy groups -OCH3 is 1. The van der Waals surface area contributed by atoms with Gasteiger partial charge in [-0.25, -0.2) is 5.01 Å². The lowest BCUT2D eigenvalue weighted by Gasteiger charge is -2.32. The minimum absolute atomic E-state index is 0.0596. The zero-order valence-electron chi connectivity index (χ0n) is 20.2. The molecule has 1 amide bonds. The second-order valence-electron chi connectivity index (χ2n) is 8.92. The lowest BCUT2D eigenvalue weighted by atomic mass is 9.95.